The van der Waals surface area contributed by atoms with E-state index >= 15 is 0 Å². The van der Waals surface area contributed by atoms with E-state index in [4.69, 9.17) is 0 Å². The second-order valence-corrected chi connectivity index (χ2v) is 8.47. The van der Waals surface area contributed by atoms with Crippen molar-refractivity contribution in [2.75, 3.05) is 18.0 Å². The molecule has 3 heterocycles. The quantitative estimate of drug-likeness (QED) is 0.720. The molecular weight excluding hydrogens is 376 g/mol. The Balaban J connectivity index is 1.35. The number of nitrogens with zero attached hydrogens (tertiary/aromatic N) is 5. The molecule has 2 aromatic heterocycles. The number of carbonyl (C=O) groups is 1. The molecule has 3 aromatic rings. The van der Waals surface area contributed by atoms with Crippen LogP contribution in [0.25, 0.3) is 16.7 Å². The number of nitrogens with one attached hydrogen (secondary N) is 1. The van der Waals surface area contributed by atoms with Crippen molar-refractivity contribution in [3.8, 4) is 5.69 Å². The normalized spacial score (nSPS) is 20.4. The first-order valence-electron chi connectivity index (χ1n) is 11.1. The van der Waals surface area contributed by atoms with Crippen LogP contribution in [0.2, 0.25) is 0 Å². The summed E-state index contributed by atoms with van der Waals surface area (Å²) in [6, 6.07) is 10.4. The SMILES string of the molecule is O=C(NC1CCCCC1)C1CCCN(c2ncnc3nn(-c4ccccc4)cc23)C1. The average Bonchev–Trinajstić information content (AvgIpc) is 3.25. The van der Waals surface area contributed by atoms with Gasteiger partial charge in [-0.2, -0.15) is 0 Å². The van der Waals surface area contributed by atoms with E-state index < -0.39 is 0 Å². The molecule has 1 aliphatic heterocycles. The van der Waals surface area contributed by atoms with Crippen LogP contribution in [0.4, 0.5) is 5.82 Å². The van der Waals surface area contributed by atoms with Crippen LogP contribution in [0, 0.1) is 5.92 Å². The van der Waals surface area contributed by atoms with Gasteiger partial charge in [-0.05, 0) is 37.8 Å². The Morgan fingerprint density at radius 1 is 1.00 bits per heavy atom. The second-order valence-electron chi connectivity index (χ2n) is 8.47. The molecule has 7 nitrogen and oxygen atoms in total. The van der Waals surface area contributed by atoms with Gasteiger partial charge in [0.15, 0.2) is 5.65 Å². The number of benzene rings is 1. The molecule has 156 valence electrons. The Morgan fingerprint density at radius 2 is 1.83 bits per heavy atom. The fourth-order valence-electron chi connectivity index (χ4n) is 4.74. The van der Waals surface area contributed by atoms with Crippen LogP contribution in [0.15, 0.2) is 42.9 Å². The zero-order valence-electron chi connectivity index (χ0n) is 17.2. The number of carbonyl (C=O) groups excluding carboxylic acids is 1. The lowest BCUT2D eigenvalue weighted by Crippen LogP contribution is -2.46. The van der Waals surface area contributed by atoms with Crippen molar-refractivity contribution in [2.24, 2.45) is 5.92 Å². The predicted molar refractivity (Wildman–Crippen MR) is 117 cm³/mol. The summed E-state index contributed by atoms with van der Waals surface area (Å²) in [4.78, 5) is 24.1. The minimum atomic E-state index is 0.00913. The summed E-state index contributed by atoms with van der Waals surface area (Å²) < 4.78 is 1.85. The van der Waals surface area contributed by atoms with Gasteiger partial charge in [-0.1, -0.05) is 37.5 Å². The maximum Gasteiger partial charge on any atom is 0.225 e. The van der Waals surface area contributed by atoms with Gasteiger partial charge in [0, 0.05) is 25.3 Å². The molecule has 1 aliphatic carbocycles. The molecular formula is C23H28N6O. The zero-order chi connectivity index (χ0) is 20.3. The molecule has 5 rings (SSSR count). The minimum absolute atomic E-state index is 0.00913. The molecule has 2 fully saturated rings. The molecule has 7 heteroatoms. The van der Waals surface area contributed by atoms with E-state index in [-0.39, 0.29) is 11.8 Å². The summed E-state index contributed by atoms with van der Waals surface area (Å²) in [5, 5.41) is 8.86. The number of fused-ring (bicyclic) bond motifs is 1. The van der Waals surface area contributed by atoms with Crippen molar-refractivity contribution in [2.45, 2.75) is 51.0 Å². The van der Waals surface area contributed by atoms with Gasteiger partial charge in [0.05, 0.1) is 17.0 Å². The molecule has 1 atom stereocenters. The van der Waals surface area contributed by atoms with Crippen molar-refractivity contribution in [3.05, 3.63) is 42.9 Å². The monoisotopic (exact) mass is 404 g/mol. The summed E-state index contributed by atoms with van der Waals surface area (Å²) in [6.07, 6.45) is 11.5. The molecule has 0 bridgehead atoms. The molecule has 1 saturated carbocycles. The summed E-state index contributed by atoms with van der Waals surface area (Å²) in [6.45, 7) is 1.59. The molecule has 1 unspecified atom stereocenters. The fourth-order valence-corrected chi connectivity index (χ4v) is 4.74. The molecule has 1 amide bonds. The first kappa shape index (κ1) is 19.0. The molecule has 1 N–H and O–H groups in total. The predicted octanol–water partition coefficient (Wildman–Crippen LogP) is 3.48. The third-order valence-electron chi connectivity index (χ3n) is 6.36. The molecule has 1 saturated heterocycles. The summed E-state index contributed by atoms with van der Waals surface area (Å²) in [5.74, 6) is 1.09. The van der Waals surface area contributed by atoms with Gasteiger partial charge in [0.2, 0.25) is 5.91 Å². The van der Waals surface area contributed by atoms with Crippen molar-refractivity contribution in [1.82, 2.24) is 25.1 Å². The number of anilines is 1. The van der Waals surface area contributed by atoms with E-state index in [9.17, 15) is 4.79 Å². The average molecular weight is 405 g/mol. The third-order valence-corrected chi connectivity index (χ3v) is 6.36. The largest absolute Gasteiger partial charge is 0.355 e. The Hall–Kier alpha value is -2.96. The van der Waals surface area contributed by atoms with Gasteiger partial charge in [0.1, 0.15) is 12.1 Å². The van der Waals surface area contributed by atoms with Gasteiger partial charge in [0.25, 0.3) is 0 Å². The molecule has 0 radical (unpaired) electrons. The van der Waals surface area contributed by atoms with Gasteiger partial charge < -0.3 is 10.2 Å². The lowest BCUT2D eigenvalue weighted by atomic mass is 9.93. The van der Waals surface area contributed by atoms with Crippen LogP contribution in [0.5, 0.6) is 0 Å². The van der Waals surface area contributed by atoms with Crippen molar-refractivity contribution in [3.63, 3.8) is 0 Å². The van der Waals surface area contributed by atoms with E-state index in [0.29, 0.717) is 18.2 Å². The number of hydrogen-bond donors (Lipinski definition) is 1. The second kappa shape index (κ2) is 8.42. The first-order chi connectivity index (χ1) is 14.8. The molecule has 30 heavy (non-hydrogen) atoms. The highest BCUT2D eigenvalue weighted by atomic mass is 16.2. The Labute approximate surface area is 176 Å². The Morgan fingerprint density at radius 3 is 2.67 bits per heavy atom. The lowest BCUT2D eigenvalue weighted by molar-refractivity contribution is -0.126. The number of aromatic nitrogens is 4. The van der Waals surface area contributed by atoms with Crippen LogP contribution in [0.1, 0.15) is 44.9 Å². The number of amides is 1. The number of para-hydroxylation sites is 1. The topological polar surface area (TPSA) is 75.9 Å². The number of rotatable bonds is 4. The molecule has 0 spiro atoms. The highest BCUT2D eigenvalue weighted by Gasteiger charge is 2.29. The summed E-state index contributed by atoms with van der Waals surface area (Å²) >= 11 is 0. The van der Waals surface area contributed by atoms with Crippen molar-refractivity contribution >= 4 is 22.8 Å². The van der Waals surface area contributed by atoms with Crippen LogP contribution in [-0.2, 0) is 4.79 Å². The van der Waals surface area contributed by atoms with E-state index in [1.165, 1.54) is 19.3 Å². The third kappa shape index (κ3) is 3.88. The summed E-state index contributed by atoms with van der Waals surface area (Å²) in [7, 11) is 0. The van der Waals surface area contributed by atoms with E-state index in [0.717, 1.165) is 49.1 Å². The van der Waals surface area contributed by atoms with Gasteiger partial charge in [-0.25, -0.2) is 14.6 Å². The highest BCUT2D eigenvalue weighted by Crippen LogP contribution is 2.28. The maximum atomic E-state index is 12.9. The van der Waals surface area contributed by atoms with Crippen molar-refractivity contribution in [1.29, 1.82) is 0 Å². The lowest BCUT2D eigenvalue weighted by Gasteiger charge is -2.34. The van der Waals surface area contributed by atoms with E-state index in [1.54, 1.807) is 6.33 Å². The highest BCUT2D eigenvalue weighted by molar-refractivity contribution is 5.87. The van der Waals surface area contributed by atoms with Crippen LogP contribution < -0.4 is 10.2 Å². The fraction of sp³-hybridized carbons (Fsp3) is 0.478. The zero-order valence-corrected chi connectivity index (χ0v) is 17.2. The first-order valence-corrected chi connectivity index (χ1v) is 11.1. The smallest absolute Gasteiger partial charge is 0.225 e. The Kier molecular flexibility index (Phi) is 5.34. The van der Waals surface area contributed by atoms with Crippen molar-refractivity contribution < 1.29 is 4.79 Å². The van der Waals surface area contributed by atoms with E-state index in [2.05, 4.69) is 25.3 Å². The van der Waals surface area contributed by atoms with Crippen LogP contribution >= 0.6 is 0 Å². The maximum absolute atomic E-state index is 12.9. The van der Waals surface area contributed by atoms with E-state index in [1.807, 2.05) is 41.2 Å². The number of piperidine rings is 1. The van der Waals surface area contributed by atoms with Gasteiger partial charge >= 0.3 is 0 Å². The van der Waals surface area contributed by atoms with Gasteiger partial charge in [-0.3, -0.25) is 4.79 Å². The number of hydrogen-bond acceptors (Lipinski definition) is 5. The van der Waals surface area contributed by atoms with Gasteiger partial charge in [-0.15, -0.1) is 5.10 Å². The van der Waals surface area contributed by atoms with Crippen LogP contribution in [0.3, 0.4) is 0 Å². The molecule has 1 aromatic carbocycles. The molecule has 2 aliphatic rings. The van der Waals surface area contributed by atoms with Crippen LogP contribution in [-0.4, -0.2) is 44.8 Å². The summed E-state index contributed by atoms with van der Waals surface area (Å²) in [5.41, 5.74) is 1.67. The Bertz CT molecular complexity index is 1010. The minimum Gasteiger partial charge on any atom is -0.355 e. The standard InChI is InChI=1S/C23H28N6O/c30-23(26-18-9-3-1-4-10-18)17-8-7-13-28(14-17)22-20-15-29(19-11-5-2-6-12-19)27-21(20)24-16-25-22/h2,5-6,11-12,15-18H,1,3-4,7-10,13-14H2,(H,26,30).